The zero-order valence-corrected chi connectivity index (χ0v) is 45.2. The highest BCUT2D eigenvalue weighted by atomic mass is 32.2. The van der Waals surface area contributed by atoms with Crippen LogP contribution in [0.25, 0.3) is 0 Å². The van der Waals surface area contributed by atoms with Gasteiger partial charge in [-0.2, -0.15) is 0 Å². The minimum absolute atomic E-state index is 0.0130. The third kappa shape index (κ3) is 22.3. The fourth-order valence-electron chi connectivity index (χ4n) is 7.48. The smallest absolute Gasteiger partial charge is 0.326 e. The van der Waals surface area contributed by atoms with Crippen molar-refractivity contribution in [3.63, 3.8) is 0 Å². The average Bonchev–Trinajstić information content (AvgIpc) is 4.08. The predicted molar refractivity (Wildman–Crippen MR) is 286 cm³/mol. The summed E-state index contributed by atoms with van der Waals surface area (Å²) in [4.78, 5) is 90.2. The van der Waals surface area contributed by atoms with Crippen molar-refractivity contribution in [2.45, 2.75) is 106 Å². The maximum Gasteiger partial charge on any atom is 0.326 e. The number of primary sulfonamides is 1. The van der Waals surface area contributed by atoms with Crippen molar-refractivity contribution in [3.05, 3.63) is 71.5 Å². The number of carboxylic acids is 2. The molecule has 0 aliphatic rings. The molecule has 0 aliphatic carbocycles. The number of hydrogen-bond acceptors (Lipinski definition) is 19. The van der Waals surface area contributed by atoms with Gasteiger partial charge in [0.05, 0.1) is 45.0 Å². The van der Waals surface area contributed by atoms with E-state index in [1.54, 1.807) is 43.1 Å². The SMILES string of the molecule is BNC(=S)NCCOCCOCCNC(=O)[C@H](CCCCn1cc(CCCC(=O)Nc2nnc(S(N)(=O)=O)s2)nn1)NC(=O)C[C@H](NC(=O)C[C@H](NC(=O)CCC(C)(c1ccc(O)cc1)c1ccc(O)cc1)C(=O)O)C(=O)O. The van der Waals surface area contributed by atoms with E-state index in [9.17, 15) is 62.4 Å². The van der Waals surface area contributed by atoms with Gasteiger partial charge in [-0.3, -0.25) is 28.7 Å². The molecule has 0 saturated heterocycles. The number of phenolic OH excluding ortho intramolecular Hbond substituents is 2. The topological polar surface area (TPSA) is 420 Å². The first-order valence-corrected chi connectivity index (χ1v) is 27.2. The van der Waals surface area contributed by atoms with E-state index in [0.717, 1.165) is 0 Å². The number of thiocarbonyl (C=S) groups is 1. The van der Waals surface area contributed by atoms with Crippen LogP contribution in [0.2, 0.25) is 0 Å². The van der Waals surface area contributed by atoms with Crippen molar-refractivity contribution in [1.82, 2.24) is 57.0 Å². The molecule has 0 bridgehead atoms. The first-order valence-electron chi connectivity index (χ1n) is 24.4. The van der Waals surface area contributed by atoms with Crippen LogP contribution >= 0.6 is 23.6 Å². The molecule has 2 aromatic carbocycles. The zero-order chi connectivity index (χ0) is 57.3. The Morgan fingerprint density at radius 3 is 1.83 bits per heavy atom. The van der Waals surface area contributed by atoms with E-state index in [1.807, 2.05) is 6.92 Å². The number of aliphatic carboxylic acids is 2. The quantitative estimate of drug-likeness (QED) is 0.0110. The van der Waals surface area contributed by atoms with Gasteiger partial charge in [-0.25, -0.2) is 23.1 Å². The second-order valence-electron chi connectivity index (χ2n) is 17.7. The van der Waals surface area contributed by atoms with E-state index in [2.05, 4.69) is 57.6 Å². The summed E-state index contributed by atoms with van der Waals surface area (Å²) >= 11 is 5.62. The van der Waals surface area contributed by atoms with E-state index in [-0.39, 0.29) is 68.7 Å². The number of carbonyl (C=O) groups excluding carboxylic acids is 5. The number of aromatic hydroxyl groups is 2. The number of hydrogen-bond donors (Lipinski definition) is 12. The van der Waals surface area contributed by atoms with Gasteiger partial charge in [0.15, 0.2) is 5.11 Å². The molecule has 0 aliphatic heterocycles. The van der Waals surface area contributed by atoms with Gasteiger partial charge in [-0.05, 0) is 86.1 Å². The number of unbranched alkanes of at least 4 members (excludes halogenated alkanes) is 1. The molecule has 424 valence electrons. The summed E-state index contributed by atoms with van der Waals surface area (Å²) in [5.74, 6) is -7.02. The van der Waals surface area contributed by atoms with Crippen LogP contribution in [-0.2, 0) is 71.4 Å². The van der Waals surface area contributed by atoms with Gasteiger partial charge in [-0.15, -0.1) is 15.3 Å². The van der Waals surface area contributed by atoms with Gasteiger partial charge >= 0.3 is 11.9 Å². The average molecular weight is 1150 g/mol. The molecule has 0 spiro atoms. The fraction of sp³-hybridized carbons (Fsp3) is 0.478. The van der Waals surface area contributed by atoms with Crippen LogP contribution in [0.15, 0.2) is 59.1 Å². The summed E-state index contributed by atoms with van der Waals surface area (Å²) in [6, 6.07) is 7.73. The number of sulfonamides is 1. The van der Waals surface area contributed by atoms with E-state index < -0.39 is 92.2 Å². The first-order chi connectivity index (χ1) is 37.1. The minimum atomic E-state index is -4.06. The maximum absolute atomic E-state index is 13.5. The highest BCUT2D eigenvalue weighted by molar-refractivity contribution is 7.91. The lowest BCUT2D eigenvalue weighted by Gasteiger charge is -2.31. The second-order valence-corrected chi connectivity index (χ2v) is 20.8. The van der Waals surface area contributed by atoms with Gasteiger partial charge in [0.2, 0.25) is 47.0 Å². The Morgan fingerprint density at radius 1 is 0.744 bits per heavy atom. The van der Waals surface area contributed by atoms with E-state index in [1.165, 1.54) is 24.3 Å². The zero-order valence-electron chi connectivity index (χ0n) is 42.8. The molecule has 32 heteroatoms. The molecule has 13 N–H and O–H groups in total. The minimum Gasteiger partial charge on any atom is -0.508 e. The maximum atomic E-state index is 13.5. The predicted octanol–water partition coefficient (Wildman–Crippen LogP) is -1.33. The number of phenols is 2. The Bertz CT molecular complexity index is 2720. The largest absolute Gasteiger partial charge is 0.508 e. The molecule has 0 saturated carbocycles. The highest BCUT2D eigenvalue weighted by Gasteiger charge is 2.33. The summed E-state index contributed by atoms with van der Waals surface area (Å²) in [5, 5.41) is 78.3. The van der Waals surface area contributed by atoms with Crippen molar-refractivity contribution in [2.75, 3.05) is 44.8 Å². The highest BCUT2D eigenvalue weighted by Crippen LogP contribution is 2.38. The lowest BCUT2D eigenvalue weighted by atomic mass is 9.73. The molecular formula is C46H64BN13O15S3. The molecule has 2 aromatic heterocycles. The Labute approximate surface area is 458 Å². The number of anilines is 1. The third-order valence-electron chi connectivity index (χ3n) is 11.7. The van der Waals surface area contributed by atoms with E-state index in [4.69, 9.17) is 26.8 Å². The van der Waals surface area contributed by atoms with E-state index in [0.29, 0.717) is 78.6 Å². The standard InChI is InChI=1S/C46H64BN13O15S3/c1-46(28-8-12-31(61)13-9-28,29-10-14-32(62)15-11-29)17-16-37(64)52-34(41(68)69)25-39(66)53-35(42(70)71)26-38(65)51-33(40(67)49-18-21-74-23-24-75-22-19-50-43(76)55-47)6-2-3-20-60-27-30(56-59-60)5-4-7-36(63)54-44-57-58-45(77-44)78(48,72)73/h8-15,27,33-35,61-62H,2-7,16-26,47H2,1H3,(H,49,67)(H,51,65)(H,52,64)(H,53,66)(H,68,69)(H,70,71)(H2,48,72,73)(H2,50,55,76)(H,54,57,63)/t33-,34-,35-/m0/s1. The van der Waals surface area contributed by atoms with Crippen molar-refractivity contribution >= 4 is 93.3 Å². The number of nitrogens with zero attached hydrogens (tertiary/aromatic N) is 5. The number of nitrogens with one attached hydrogen (secondary N) is 7. The third-order valence-corrected chi connectivity index (χ3v) is 14.2. The molecule has 4 rings (SSSR count). The van der Waals surface area contributed by atoms with Crippen LogP contribution in [0.5, 0.6) is 11.5 Å². The number of ether oxygens (including phenoxy) is 2. The molecule has 0 fully saturated rings. The van der Waals surface area contributed by atoms with E-state index >= 15 is 0 Å². The Morgan fingerprint density at radius 2 is 1.29 bits per heavy atom. The molecular weight excluding hydrogens is 1080 g/mol. The van der Waals surface area contributed by atoms with Crippen LogP contribution in [-0.4, -0.2) is 166 Å². The van der Waals surface area contributed by atoms with Gasteiger partial charge in [0.1, 0.15) is 29.6 Å². The Balaban J connectivity index is 1.30. The number of amides is 5. The van der Waals surface area contributed by atoms with Crippen LogP contribution in [0.3, 0.4) is 0 Å². The summed E-state index contributed by atoms with van der Waals surface area (Å²) in [6.45, 7) is 3.64. The van der Waals surface area contributed by atoms with Crippen molar-refractivity contribution in [1.29, 1.82) is 0 Å². The van der Waals surface area contributed by atoms with Crippen LogP contribution < -0.4 is 42.3 Å². The molecule has 2 heterocycles. The molecule has 28 nitrogen and oxygen atoms in total. The van der Waals surface area contributed by atoms with Crippen LogP contribution in [0, 0.1) is 0 Å². The number of aromatic nitrogens is 5. The van der Waals surface area contributed by atoms with Gasteiger partial charge < -0.3 is 67.0 Å². The Kier molecular flexibility index (Phi) is 25.7. The summed E-state index contributed by atoms with van der Waals surface area (Å²) in [6.07, 6.45) is 1.49. The summed E-state index contributed by atoms with van der Waals surface area (Å²) < 4.78 is 35.0. The number of benzene rings is 2. The normalized spacial score (nSPS) is 12.5. The Hall–Kier alpha value is -7.39. The number of rotatable bonds is 35. The number of carboxylic acid groups (broad SMARTS) is 2. The van der Waals surface area contributed by atoms with Crippen molar-refractivity contribution in [3.8, 4) is 11.5 Å². The molecule has 4 aromatic rings. The molecule has 3 atom stereocenters. The monoisotopic (exact) mass is 1150 g/mol. The summed E-state index contributed by atoms with van der Waals surface area (Å²) in [5.41, 5.74) is 1.13. The summed E-state index contributed by atoms with van der Waals surface area (Å²) in [7, 11) is -2.37. The lowest BCUT2D eigenvalue weighted by molar-refractivity contribution is -0.145. The molecule has 0 unspecified atom stereocenters. The van der Waals surface area contributed by atoms with Crippen molar-refractivity contribution < 1.29 is 71.9 Å². The van der Waals surface area contributed by atoms with Gasteiger partial charge in [0.25, 0.3) is 10.0 Å². The molecule has 78 heavy (non-hydrogen) atoms. The number of nitrogens with two attached hydrogens (primary N) is 1. The number of carbonyl (C=O) groups is 7. The fourth-order valence-corrected chi connectivity index (χ4v) is 8.93. The van der Waals surface area contributed by atoms with Gasteiger partial charge in [0, 0.05) is 44.1 Å². The second kappa shape index (κ2) is 31.7. The first kappa shape index (κ1) is 63.1. The van der Waals surface area contributed by atoms with Crippen LogP contribution in [0.1, 0.15) is 81.5 Å². The lowest BCUT2D eigenvalue weighted by Crippen LogP contribution is -2.51. The number of aryl methyl sites for hydroxylation is 2. The van der Waals surface area contributed by atoms with Crippen LogP contribution in [0.4, 0.5) is 5.13 Å². The molecule has 0 radical (unpaired) electrons. The van der Waals surface area contributed by atoms with Crippen molar-refractivity contribution in [2.24, 2.45) is 5.14 Å². The molecule has 5 amide bonds. The van der Waals surface area contributed by atoms with Gasteiger partial charge in [-0.1, -0.05) is 47.7 Å².